The lowest BCUT2D eigenvalue weighted by Crippen LogP contribution is -2.36. The SMILES string of the molecule is C=CCn1c(SCC(=O)N[C@H]2CCS(=O)(=O)C2)nc2sc(CC)cc2c1=O. The molecule has 3 heterocycles. The molecule has 1 N–H and O–H groups in total. The Morgan fingerprint density at radius 2 is 2.33 bits per heavy atom. The highest BCUT2D eigenvalue weighted by Crippen LogP contribution is 2.25. The first-order valence-corrected chi connectivity index (χ1v) is 12.2. The quantitative estimate of drug-likeness (QED) is 0.409. The average molecular weight is 428 g/mol. The molecule has 0 aliphatic carbocycles. The van der Waals surface area contributed by atoms with E-state index in [-0.39, 0.29) is 34.8 Å². The number of amides is 1. The molecule has 1 aliphatic rings. The van der Waals surface area contributed by atoms with Crippen LogP contribution in [0.15, 0.2) is 28.7 Å². The third-order valence-electron chi connectivity index (χ3n) is 4.26. The number of hydrogen-bond donors (Lipinski definition) is 1. The lowest BCUT2D eigenvalue weighted by Gasteiger charge is -2.12. The molecular weight excluding hydrogens is 406 g/mol. The van der Waals surface area contributed by atoms with Gasteiger partial charge < -0.3 is 5.32 Å². The molecule has 0 bridgehead atoms. The van der Waals surface area contributed by atoms with E-state index < -0.39 is 9.84 Å². The maximum absolute atomic E-state index is 12.8. The second-order valence-corrected chi connectivity index (χ2v) is 10.6. The summed E-state index contributed by atoms with van der Waals surface area (Å²) in [7, 11) is -3.04. The molecule has 3 rings (SSSR count). The molecule has 27 heavy (non-hydrogen) atoms. The summed E-state index contributed by atoms with van der Waals surface area (Å²) in [6.45, 7) is 6.02. The second kappa shape index (κ2) is 8.15. The summed E-state index contributed by atoms with van der Waals surface area (Å²) < 4.78 is 24.5. The van der Waals surface area contributed by atoms with Crippen LogP contribution in [0, 0.1) is 0 Å². The maximum atomic E-state index is 12.8. The van der Waals surface area contributed by atoms with Gasteiger partial charge in [0.05, 0.1) is 22.6 Å². The van der Waals surface area contributed by atoms with Crippen molar-refractivity contribution < 1.29 is 13.2 Å². The molecule has 1 amide bonds. The van der Waals surface area contributed by atoms with Crippen LogP contribution in [0.2, 0.25) is 0 Å². The van der Waals surface area contributed by atoms with E-state index in [0.717, 1.165) is 11.3 Å². The van der Waals surface area contributed by atoms with Gasteiger partial charge in [-0.15, -0.1) is 17.9 Å². The molecule has 10 heteroatoms. The normalized spacial score (nSPS) is 18.6. The fraction of sp³-hybridized carbons (Fsp3) is 0.471. The summed E-state index contributed by atoms with van der Waals surface area (Å²) in [5.74, 6) is -0.0936. The predicted octanol–water partition coefficient (Wildman–Crippen LogP) is 1.60. The molecule has 1 fully saturated rings. The second-order valence-electron chi connectivity index (χ2n) is 6.34. The first-order valence-electron chi connectivity index (χ1n) is 8.59. The maximum Gasteiger partial charge on any atom is 0.263 e. The Bertz CT molecular complexity index is 1040. The summed E-state index contributed by atoms with van der Waals surface area (Å²) in [5.41, 5.74) is -0.138. The van der Waals surface area contributed by atoms with Gasteiger partial charge in [-0.1, -0.05) is 24.8 Å². The minimum Gasteiger partial charge on any atom is -0.352 e. The van der Waals surface area contributed by atoms with Crippen molar-refractivity contribution in [1.82, 2.24) is 14.9 Å². The highest BCUT2D eigenvalue weighted by molar-refractivity contribution is 7.99. The minimum atomic E-state index is -3.04. The van der Waals surface area contributed by atoms with E-state index >= 15 is 0 Å². The molecular formula is C17H21N3O4S3. The number of hydrogen-bond acceptors (Lipinski definition) is 7. The van der Waals surface area contributed by atoms with Gasteiger partial charge in [-0.2, -0.15) is 0 Å². The van der Waals surface area contributed by atoms with Gasteiger partial charge in [0.1, 0.15) is 4.83 Å². The van der Waals surface area contributed by atoms with Crippen molar-refractivity contribution in [3.05, 3.63) is 34.0 Å². The van der Waals surface area contributed by atoms with Crippen LogP contribution in [0.4, 0.5) is 0 Å². The fourth-order valence-electron chi connectivity index (χ4n) is 2.93. The number of carbonyl (C=O) groups excluding carboxylic acids is 1. The summed E-state index contributed by atoms with van der Waals surface area (Å²) in [5, 5.41) is 3.80. The Morgan fingerprint density at radius 3 is 2.96 bits per heavy atom. The lowest BCUT2D eigenvalue weighted by molar-refractivity contribution is -0.119. The number of rotatable bonds is 7. The first-order chi connectivity index (χ1) is 12.8. The van der Waals surface area contributed by atoms with Crippen LogP contribution in [0.5, 0.6) is 0 Å². The van der Waals surface area contributed by atoms with Crippen LogP contribution in [0.3, 0.4) is 0 Å². The molecule has 1 saturated heterocycles. The molecule has 1 aliphatic heterocycles. The van der Waals surface area contributed by atoms with E-state index in [2.05, 4.69) is 16.9 Å². The van der Waals surface area contributed by atoms with Gasteiger partial charge in [0.25, 0.3) is 5.56 Å². The van der Waals surface area contributed by atoms with Gasteiger partial charge in [0.2, 0.25) is 5.91 Å². The average Bonchev–Trinajstić information content (AvgIpc) is 3.18. The van der Waals surface area contributed by atoms with E-state index in [0.29, 0.717) is 28.3 Å². The zero-order chi connectivity index (χ0) is 19.6. The van der Waals surface area contributed by atoms with E-state index in [1.807, 2.05) is 13.0 Å². The topological polar surface area (TPSA) is 98.1 Å². The number of thioether (sulfide) groups is 1. The third-order valence-corrected chi connectivity index (χ3v) is 8.17. The lowest BCUT2D eigenvalue weighted by atomic mass is 10.3. The molecule has 0 saturated carbocycles. The molecule has 1 atom stereocenters. The van der Waals surface area contributed by atoms with Gasteiger partial charge in [0, 0.05) is 17.5 Å². The molecule has 0 spiro atoms. The number of fused-ring (bicyclic) bond motifs is 1. The van der Waals surface area contributed by atoms with Crippen molar-refractivity contribution in [2.75, 3.05) is 17.3 Å². The Balaban J connectivity index is 1.77. The molecule has 2 aromatic heterocycles. The van der Waals surface area contributed by atoms with Gasteiger partial charge in [-0.3, -0.25) is 14.2 Å². The smallest absolute Gasteiger partial charge is 0.263 e. The van der Waals surface area contributed by atoms with Gasteiger partial charge in [-0.05, 0) is 18.9 Å². The van der Waals surface area contributed by atoms with Crippen molar-refractivity contribution in [3.63, 3.8) is 0 Å². The highest BCUT2D eigenvalue weighted by Gasteiger charge is 2.29. The van der Waals surface area contributed by atoms with Crippen LogP contribution in [-0.2, 0) is 27.6 Å². The molecule has 2 aromatic rings. The first kappa shape index (κ1) is 20.1. The van der Waals surface area contributed by atoms with Gasteiger partial charge in [0.15, 0.2) is 15.0 Å². The number of allylic oxidation sites excluding steroid dienone is 1. The number of thiophene rings is 1. The largest absolute Gasteiger partial charge is 0.352 e. The standard InChI is InChI=1S/C17H21N3O4S3/c1-3-6-20-16(22)13-8-12(4-2)26-15(13)19-17(20)25-9-14(21)18-11-5-7-27(23,24)10-11/h3,8,11H,1,4-7,9-10H2,2H3,(H,18,21)/t11-/m0/s1. The molecule has 0 unspecified atom stereocenters. The predicted molar refractivity (Wildman–Crippen MR) is 109 cm³/mol. The minimum absolute atomic E-state index is 0.0101. The van der Waals surface area contributed by atoms with Crippen LogP contribution >= 0.6 is 23.1 Å². The van der Waals surface area contributed by atoms with E-state index in [1.54, 1.807) is 6.08 Å². The number of nitrogens with one attached hydrogen (secondary N) is 1. The Hall–Kier alpha value is -1.65. The van der Waals surface area contributed by atoms with Crippen LogP contribution in [-0.4, -0.2) is 47.2 Å². The Kier molecular flexibility index (Phi) is 6.07. The zero-order valence-corrected chi connectivity index (χ0v) is 17.4. The monoisotopic (exact) mass is 427 g/mol. The van der Waals surface area contributed by atoms with Crippen LogP contribution in [0.1, 0.15) is 18.2 Å². The van der Waals surface area contributed by atoms with Crippen LogP contribution < -0.4 is 10.9 Å². The van der Waals surface area contributed by atoms with Crippen molar-refractivity contribution in [2.24, 2.45) is 0 Å². The fourth-order valence-corrected chi connectivity index (χ4v) is 6.43. The van der Waals surface area contributed by atoms with Gasteiger partial charge >= 0.3 is 0 Å². The van der Waals surface area contributed by atoms with Crippen molar-refractivity contribution in [3.8, 4) is 0 Å². The van der Waals surface area contributed by atoms with E-state index in [4.69, 9.17) is 0 Å². The molecule has 146 valence electrons. The number of nitrogens with zero attached hydrogens (tertiary/aromatic N) is 2. The summed E-state index contributed by atoms with van der Waals surface area (Å²) >= 11 is 2.66. The van der Waals surface area contributed by atoms with E-state index in [9.17, 15) is 18.0 Å². The van der Waals surface area contributed by atoms with Crippen LogP contribution in [0.25, 0.3) is 10.2 Å². The number of aromatic nitrogens is 2. The van der Waals surface area contributed by atoms with E-state index in [1.165, 1.54) is 27.7 Å². The van der Waals surface area contributed by atoms with Crippen molar-refractivity contribution >= 4 is 49.1 Å². The number of sulfone groups is 1. The Labute approximate surface area is 165 Å². The third kappa shape index (κ3) is 4.61. The Morgan fingerprint density at radius 1 is 1.56 bits per heavy atom. The van der Waals surface area contributed by atoms with Crippen molar-refractivity contribution in [2.45, 2.75) is 37.5 Å². The molecule has 0 aromatic carbocycles. The number of carbonyl (C=O) groups is 1. The van der Waals surface area contributed by atoms with Gasteiger partial charge in [-0.25, -0.2) is 13.4 Å². The zero-order valence-electron chi connectivity index (χ0n) is 14.9. The summed E-state index contributed by atoms with van der Waals surface area (Å²) in [4.78, 5) is 31.3. The summed E-state index contributed by atoms with van der Waals surface area (Å²) in [6.07, 6.45) is 2.89. The summed E-state index contributed by atoms with van der Waals surface area (Å²) in [6, 6.07) is 1.54. The molecule has 7 nitrogen and oxygen atoms in total. The molecule has 0 radical (unpaired) electrons. The van der Waals surface area contributed by atoms with Crippen molar-refractivity contribution in [1.29, 1.82) is 0 Å². The highest BCUT2D eigenvalue weighted by atomic mass is 32.2. The number of aryl methyl sites for hydroxylation is 1.